The number of aromatic nitrogens is 3. The molecular formula is C20H22N4O2. The van der Waals surface area contributed by atoms with Crippen molar-refractivity contribution >= 4 is 16.9 Å². The second-order valence-corrected chi connectivity index (χ2v) is 6.96. The minimum absolute atomic E-state index is 0.0752. The third kappa shape index (κ3) is 3.14. The van der Waals surface area contributed by atoms with Gasteiger partial charge in [-0.2, -0.15) is 5.10 Å². The van der Waals surface area contributed by atoms with E-state index in [4.69, 9.17) is 0 Å². The van der Waals surface area contributed by atoms with E-state index in [0.717, 1.165) is 29.5 Å². The molecule has 0 bridgehead atoms. The molecule has 0 saturated heterocycles. The molecule has 2 heterocycles. The molecule has 0 atom stereocenters. The number of carbonyl (C=O) groups excluding carboxylic acids is 1. The molecule has 0 unspecified atom stereocenters. The van der Waals surface area contributed by atoms with Crippen LogP contribution in [0, 0.1) is 6.92 Å². The van der Waals surface area contributed by atoms with Crippen LogP contribution < -0.4 is 5.32 Å². The Labute approximate surface area is 151 Å². The molecule has 2 aromatic heterocycles. The molecule has 4 rings (SSSR count). The van der Waals surface area contributed by atoms with Crippen LogP contribution in [-0.4, -0.2) is 32.2 Å². The van der Waals surface area contributed by atoms with Gasteiger partial charge in [0.15, 0.2) is 5.65 Å². The SMILES string of the molecule is Cc1[nH]nc2nc(-c3ccc(O)cc3)cc(C(=O)NC3CCCCC3)c12. The van der Waals surface area contributed by atoms with Crippen molar-refractivity contribution in [3.63, 3.8) is 0 Å². The van der Waals surface area contributed by atoms with Crippen LogP contribution >= 0.6 is 0 Å². The topological polar surface area (TPSA) is 90.9 Å². The van der Waals surface area contributed by atoms with Crippen LogP contribution in [-0.2, 0) is 0 Å². The van der Waals surface area contributed by atoms with Crippen LogP contribution in [0.1, 0.15) is 48.2 Å². The van der Waals surface area contributed by atoms with E-state index in [0.29, 0.717) is 16.9 Å². The van der Waals surface area contributed by atoms with Crippen LogP contribution in [0.5, 0.6) is 5.75 Å². The number of aromatic amines is 1. The number of nitrogens with zero attached hydrogens (tertiary/aromatic N) is 2. The summed E-state index contributed by atoms with van der Waals surface area (Å²) in [6, 6.07) is 8.84. The van der Waals surface area contributed by atoms with Gasteiger partial charge in [0.25, 0.3) is 5.91 Å². The highest BCUT2D eigenvalue weighted by atomic mass is 16.3. The number of H-pyrrole nitrogens is 1. The minimum atomic E-state index is -0.0752. The summed E-state index contributed by atoms with van der Waals surface area (Å²) in [7, 11) is 0. The summed E-state index contributed by atoms with van der Waals surface area (Å²) in [5.41, 5.74) is 3.45. The fraction of sp³-hybridized carbons (Fsp3) is 0.350. The Morgan fingerprint density at radius 1 is 1.19 bits per heavy atom. The number of hydrogen-bond acceptors (Lipinski definition) is 4. The number of rotatable bonds is 3. The van der Waals surface area contributed by atoms with Crippen molar-refractivity contribution < 1.29 is 9.90 Å². The van der Waals surface area contributed by atoms with Gasteiger partial charge in [0, 0.05) is 17.3 Å². The standard InChI is InChI=1S/C20H22N4O2/c1-12-18-16(20(26)21-14-5-3-2-4-6-14)11-17(22-19(18)24-23-12)13-7-9-15(25)10-8-13/h7-11,14,25H,2-6H2,1H3,(H,21,26)(H,22,23,24). The molecule has 0 spiro atoms. The molecule has 1 aliphatic carbocycles. The Balaban J connectivity index is 1.75. The van der Waals surface area contributed by atoms with Gasteiger partial charge in [-0.1, -0.05) is 19.3 Å². The highest BCUT2D eigenvalue weighted by molar-refractivity contribution is 6.07. The predicted molar refractivity (Wildman–Crippen MR) is 100 cm³/mol. The first kappa shape index (κ1) is 16.6. The van der Waals surface area contributed by atoms with Crippen molar-refractivity contribution in [2.45, 2.75) is 45.1 Å². The first-order valence-corrected chi connectivity index (χ1v) is 9.08. The number of hydrogen-bond donors (Lipinski definition) is 3. The Morgan fingerprint density at radius 3 is 2.65 bits per heavy atom. The van der Waals surface area contributed by atoms with Crippen molar-refractivity contribution in [1.29, 1.82) is 0 Å². The zero-order valence-corrected chi connectivity index (χ0v) is 14.7. The lowest BCUT2D eigenvalue weighted by atomic mass is 9.95. The molecule has 1 amide bonds. The molecule has 1 fully saturated rings. The van der Waals surface area contributed by atoms with E-state index in [1.807, 2.05) is 13.0 Å². The molecule has 0 radical (unpaired) electrons. The Hall–Kier alpha value is -2.89. The summed E-state index contributed by atoms with van der Waals surface area (Å²) in [6.45, 7) is 1.90. The Kier molecular flexibility index (Phi) is 4.32. The number of phenols is 1. The van der Waals surface area contributed by atoms with E-state index in [-0.39, 0.29) is 17.7 Å². The van der Waals surface area contributed by atoms with Gasteiger partial charge in [0.2, 0.25) is 0 Å². The smallest absolute Gasteiger partial charge is 0.252 e. The summed E-state index contributed by atoms with van der Waals surface area (Å²) in [5, 5.41) is 20.6. The number of aryl methyl sites for hydroxylation is 1. The molecule has 134 valence electrons. The quantitative estimate of drug-likeness (QED) is 0.672. The average molecular weight is 350 g/mol. The van der Waals surface area contributed by atoms with Gasteiger partial charge in [-0.15, -0.1) is 0 Å². The van der Waals surface area contributed by atoms with Crippen molar-refractivity contribution in [3.8, 4) is 17.0 Å². The summed E-state index contributed by atoms with van der Waals surface area (Å²) < 4.78 is 0. The lowest BCUT2D eigenvalue weighted by molar-refractivity contribution is 0.0929. The average Bonchev–Trinajstić information content (AvgIpc) is 3.03. The van der Waals surface area contributed by atoms with Gasteiger partial charge in [-0.05, 0) is 50.1 Å². The van der Waals surface area contributed by atoms with E-state index in [2.05, 4.69) is 20.5 Å². The lowest BCUT2D eigenvalue weighted by Gasteiger charge is -2.23. The highest BCUT2D eigenvalue weighted by Crippen LogP contribution is 2.27. The largest absolute Gasteiger partial charge is 0.508 e. The maximum atomic E-state index is 13.0. The number of phenolic OH excluding ortho intramolecular Hbond substituents is 1. The molecule has 0 aliphatic heterocycles. The van der Waals surface area contributed by atoms with Gasteiger partial charge in [0.05, 0.1) is 16.6 Å². The van der Waals surface area contributed by atoms with Gasteiger partial charge >= 0.3 is 0 Å². The number of aromatic hydroxyl groups is 1. The molecule has 6 nitrogen and oxygen atoms in total. The van der Waals surface area contributed by atoms with Crippen LogP contribution in [0.2, 0.25) is 0 Å². The summed E-state index contributed by atoms with van der Waals surface area (Å²) in [6.07, 6.45) is 5.66. The predicted octanol–water partition coefficient (Wildman–Crippen LogP) is 3.70. The van der Waals surface area contributed by atoms with Crippen LogP contribution in [0.15, 0.2) is 30.3 Å². The van der Waals surface area contributed by atoms with Crippen molar-refractivity contribution in [3.05, 3.63) is 41.6 Å². The fourth-order valence-electron chi connectivity index (χ4n) is 3.64. The van der Waals surface area contributed by atoms with Gasteiger partial charge in [-0.25, -0.2) is 4.98 Å². The number of pyridine rings is 1. The van der Waals surface area contributed by atoms with E-state index >= 15 is 0 Å². The van der Waals surface area contributed by atoms with Crippen LogP contribution in [0.25, 0.3) is 22.3 Å². The zero-order valence-electron chi connectivity index (χ0n) is 14.7. The van der Waals surface area contributed by atoms with Gasteiger partial charge < -0.3 is 10.4 Å². The molecular weight excluding hydrogens is 328 g/mol. The van der Waals surface area contributed by atoms with Crippen LogP contribution in [0.3, 0.4) is 0 Å². The zero-order chi connectivity index (χ0) is 18.1. The van der Waals surface area contributed by atoms with E-state index in [9.17, 15) is 9.90 Å². The van der Waals surface area contributed by atoms with E-state index < -0.39 is 0 Å². The number of fused-ring (bicyclic) bond motifs is 1. The monoisotopic (exact) mass is 350 g/mol. The summed E-state index contributed by atoms with van der Waals surface area (Å²) in [4.78, 5) is 17.6. The number of amides is 1. The molecule has 26 heavy (non-hydrogen) atoms. The van der Waals surface area contributed by atoms with E-state index in [1.54, 1.807) is 24.3 Å². The summed E-state index contributed by atoms with van der Waals surface area (Å²) >= 11 is 0. The second-order valence-electron chi connectivity index (χ2n) is 6.96. The first-order valence-electron chi connectivity index (χ1n) is 9.08. The number of benzene rings is 1. The van der Waals surface area contributed by atoms with Gasteiger partial charge in [-0.3, -0.25) is 9.89 Å². The molecule has 3 aromatic rings. The maximum absolute atomic E-state index is 13.0. The van der Waals surface area contributed by atoms with Crippen molar-refractivity contribution in [1.82, 2.24) is 20.5 Å². The van der Waals surface area contributed by atoms with Crippen molar-refractivity contribution in [2.75, 3.05) is 0 Å². The van der Waals surface area contributed by atoms with Crippen LogP contribution in [0.4, 0.5) is 0 Å². The summed E-state index contributed by atoms with van der Waals surface area (Å²) in [5.74, 6) is 0.120. The normalized spacial score (nSPS) is 15.3. The number of carbonyl (C=O) groups is 1. The Morgan fingerprint density at radius 2 is 1.92 bits per heavy atom. The lowest BCUT2D eigenvalue weighted by Crippen LogP contribution is -2.36. The molecule has 1 aliphatic rings. The minimum Gasteiger partial charge on any atom is -0.508 e. The molecule has 6 heteroatoms. The second kappa shape index (κ2) is 6.78. The maximum Gasteiger partial charge on any atom is 0.252 e. The molecule has 3 N–H and O–H groups in total. The third-order valence-electron chi connectivity index (χ3n) is 5.05. The highest BCUT2D eigenvalue weighted by Gasteiger charge is 2.21. The van der Waals surface area contributed by atoms with E-state index in [1.165, 1.54) is 19.3 Å². The molecule has 1 aromatic carbocycles. The number of nitrogens with one attached hydrogen (secondary N) is 2. The first-order chi connectivity index (χ1) is 12.6. The van der Waals surface area contributed by atoms with Crippen molar-refractivity contribution in [2.24, 2.45) is 0 Å². The molecule has 1 saturated carbocycles. The van der Waals surface area contributed by atoms with Gasteiger partial charge in [0.1, 0.15) is 5.75 Å². The fourth-order valence-corrected chi connectivity index (χ4v) is 3.64. The third-order valence-corrected chi connectivity index (χ3v) is 5.05. The Bertz CT molecular complexity index is 940.